The van der Waals surface area contributed by atoms with Crippen molar-refractivity contribution in [2.24, 2.45) is 0 Å². The molecule has 2 heterocycles. The van der Waals surface area contributed by atoms with E-state index >= 15 is 0 Å². The molecule has 2 aromatic carbocycles. The number of rotatable bonds is 7. The van der Waals surface area contributed by atoms with Crippen molar-refractivity contribution in [3.8, 4) is 11.1 Å². The molecule has 50 heavy (non-hydrogen) atoms. The molecular formula is C44H56IIrP2S2-. The smallest absolute Gasteiger partial charge is 0.0107 e. The first kappa shape index (κ1) is 42.3. The number of hydrogen-bond donors (Lipinski definition) is 0. The number of benzene rings is 2. The number of allylic oxidation sites excluding steroid dienone is 4. The van der Waals surface area contributed by atoms with Crippen molar-refractivity contribution in [1.82, 2.24) is 0 Å². The summed E-state index contributed by atoms with van der Waals surface area (Å²) in [5.74, 6) is 0. The molecule has 0 aliphatic heterocycles. The average Bonchev–Trinajstić information content (AvgIpc) is 3.54. The molecule has 2 saturated carbocycles. The van der Waals surface area contributed by atoms with Gasteiger partial charge in [-0.3, -0.25) is 0 Å². The Bertz CT molecular complexity index is 1560. The van der Waals surface area contributed by atoms with Crippen LogP contribution in [-0.2, 0) is 20.1 Å². The molecule has 2 aromatic heterocycles. The fourth-order valence-corrected chi connectivity index (χ4v) is 17.9. The van der Waals surface area contributed by atoms with E-state index in [1.54, 1.807) is 26.2 Å². The Balaban J connectivity index is 0.000000497. The van der Waals surface area contributed by atoms with Crippen LogP contribution >= 0.6 is 38.5 Å². The second kappa shape index (κ2) is 21.4. The third kappa shape index (κ3) is 10.4. The molecule has 0 amide bonds. The van der Waals surface area contributed by atoms with Crippen molar-refractivity contribution in [3.05, 3.63) is 104 Å². The number of aryl methyl sites for hydroxylation is 4. The summed E-state index contributed by atoms with van der Waals surface area (Å²) in [5.41, 5.74) is 5.12. The van der Waals surface area contributed by atoms with Gasteiger partial charge in [0.25, 0.3) is 0 Å². The van der Waals surface area contributed by atoms with Crippen LogP contribution in [0.25, 0.3) is 11.1 Å². The van der Waals surface area contributed by atoms with Gasteiger partial charge in [-0.05, 0) is 114 Å². The molecule has 3 aliphatic rings. The first-order valence-corrected chi connectivity index (χ1v) is 23.2. The number of thiophene rings is 2. The second-order valence-corrected chi connectivity index (χ2v) is 21.7. The van der Waals surface area contributed by atoms with Gasteiger partial charge in [0.05, 0.1) is 0 Å². The quantitative estimate of drug-likeness (QED) is 0.0984. The molecule has 0 bridgehead atoms. The summed E-state index contributed by atoms with van der Waals surface area (Å²) < 4.78 is 0. The zero-order valence-electron chi connectivity index (χ0n) is 30.6. The summed E-state index contributed by atoms with van der Waals surface area (Å²) >= 11 is 4.15. The average molecular weight is 1030 g/mol. The minimum atomic E-state index is -0.632. The van der Waals surface area contributed by atoms with E-state index in [2.05, 4.69) is 124 Å². The van der Waals surface area contributed by atoms with E-state index < -0.39 is 7.92 Å². The Morgan fingerprint density at radius 1 is 0.480 bits per heavy atom. The Kier molecular flexibility index (Phi) is 18.1. The zero-order valence-corrected chi connectivity index (χ0v) is 38.5. The van der Waals surface area contributed by atoms with Crippen LogP contribution in [0.15, 0.2) is 85.0 Å². The van der Waals surface area contributed by atoms with Gasteiger partial charge in [-0.1, -0.05) is 131 Å². The molecule has 4 aromatic rings. The van der Waals surface area contributed by atoms with Gasteiger partial charge >= 0.3 is 0 Å². The van der Waals surface area contributed by atoms with Gasteiger partial charge in [-0.25, -0.2) is 0 Å². The van der Waals surface area contributed by atoms with Gasteiger partial charge in [0.1, 0.15) is 0 Å². The maximum atomic E-state index is 2.48. The number of hydrogen-bond acceptors (Lipinski definition) is 2. The first-order valence-electron chi connectivity index (χ1n) is 18.7. The monoisotopic (exact) mass is 1030 g/mol. The minimum absolute atomic E-state index is 0. The van der Waals surface area contributed by atoms with Gasteiger partial charge < -0.3 is 24.0 Å². The molecule has 0 atom stereocenters. The predicted molar refractivity (Wildman–Crippen MR) is 222 cm³/mol. The topological polar surface area (TPSA) is 0 Å². The van der Waals surface area contributed by atoms with Crippen molar-refractivity contribution < 1.29 is 44.1 Å². The van der Waals surface area contributed by atoms with Crippen LogP contribution in [0.2, 0.25) is 0 Å². The molecule has 1 radical (unpaired) electrons. The summed E-state index contributed by atoms with van der Waals surface area (Å²) in [6, 6.07) is 22.8. The van der Waals surface area contributed by atoms with Gasteiger partial charge in [0, 0.05) is 56.0 Å². The maximum Gasteiger partial charge on any atom is 0.0107 e. The third-order valence-electron chi connectivity index (χ3n) is 10.5. The van der Waals surface area contributed by atoms with Crippen molar-refractivity contribution in [1.29, 1.82) is 0 Å². The molecule has 0 saturated heterocycles. The van der Waals surface area contributed by atoms with E-state index in [1.807, 2.05) is 16.6 Å². The molecular weight excluding hydrogens is 974 g/mol. The van der Waals surface area contributed by atoms with E-state index in [1.165, 1.54) is 110 Å². The minimum Gasteiger partial charge on any atom is -1.00 e. The van der Waals surface area contributed by atoms with Crippen LogP contribution in [0.3, 0.4) is 0 Å². The fraction of sp³-hybridized carbons (Fsp3) is 0.455. The molecule has 0 N–H and O–H groups in total. The Labute approximate surface area is 345 Å². The summed E-state index contributed by atoms with van der Waals surface area (Å²) in [7, 11) is -0.789. The van der Waals surface area contributed by atoms with Crippen molar-refractivity contribution in [2.45, 2.75) is 129 Å². The molecule has 7 rings (SSSR count). The SMILES string of the molecule is C1=C\CC/C=C\CC/1.Cc1sc(C)c(P(c2ccccc2)c2ccccc2)c1-c1c(C)sc(C)c1P(C1CCCCC1)C1CCCCC1.[I-].[Ir]. The van der Waals surface area contributed by atoms with E-state index in [0.717, 1.165) is 11.3 Å². The summed E-state index contributed by atoms with van der Waals surface area (Å²) in [4.78, 5) is 6.23. The van der Waals surface area contributed by atoms with Gasteiger partial charge in [-0.15, -0.1) is 22.7 Å². The Morgan fingerprint density at radius 2 is 0.840 bits per heavy atom. The van der Waals surface area contributed by atoms with Crippen LogP contribution in [0.1, 0.15) is 109 Å². The van der Waals surface area contributed by atoms with E-state index in [-0.39, 0.29) is 52.0 Å². The van der Waals surface area contributed by atoms with Gasteiger partial charge in [-0.2, -0.15) is 0 Å². The maximum absolute atomic E-state index is 2.48. The fourth-order valence-electron chi connectivity index (χ4n) is 8.31. The van der Waals surface area contributed by atoms with E-state index in [0.29, 0.717) is 0 Å². The molecule has 0 unspecified atom stereocenters. The third-order valence-corrected chi connectivity index (χ3v) is 19.1. The van der Waals surface area contributed by atoms with Crippen molar-refractivity contribution >= 4 is 59.7 Å². The molecule has 3 aliphatic carbocycles. The standard InChI is InChI=1S/C36H44P2S2.C8H12.HI.Ir/c1-25-33(35(27(3)39-25)37(29-17-9-5-10-18-29)30-19-11-6-12-20-30)34-26(2)40-28(4)36(34)38(31-21-13-7-14-22-31)32-23-15-8-16-24-32;1-2-4-6-8-7-5-3-1;;/h5-6,9-12,17-20,31-32H,7-8,13-16,21-24H2,1-4H3;1-2,7-8H,3-6H2;1H;/p-1/b;2-1-,8-7-;;. The van der Waals surface area contributed by atoms with E-state index in [4.69, 9.17) is 0 Å². The van der Waals surface area contributed by atoms with Gasteiger partial charge in [0.15, 0.2) is 0 Å². The van der Waals surface area contributed by atoms with Crippen molar-refractivity contribution in [3.63, 3.8) is 0 Å². The summed E-state index contributed by atoms with van der Waals surface area (Å²) in [5, 5.41) is 6.39. The summed E-state index contributed by atoms with van der Waals surface area (Å²) in [6.45, 7) is 9.73. The van der Waals surface area contributed by atoms with Crippen LogP contribution in [0, 0.1) is 27.7 Å². The van der Waals surface area contributed by atoms with Crippen LogP contribution in [0.4, 0.5) is 0 Å². The molecule has 2 fully saturated rings. The second-order valence-electron chi connectivity index (χ2n) is 14.0. The van der Waals surface area contributed by atoms with Crippen LogP contribution in [-0.4, -0.2) is 11.3 Å². The number of halogens is 1. The molecule has 271 valence electrons. The van der Waals surface area contributed by atoms with E-state index in [9.17, 15) is 0 Å². The van der Waals surface area contributed by atoms with Gasteiger partial charge in [0.2, 0.25) is 0 Å². The van der Waals surface area contributed by atoms with Crippen LogP contribution in [0.5, 0.6) is 0 Å². The molecule has 0 nitrogen and oxygen atoms in total. The Hall–Kier alpha value is -0.441. The van der Waals surface area contributed by atoms with Crippen LogP contribution < -0.4 is 45.2 Å². The first-order chi connectivity index (χ1) is 23.5. The zero-order chi connectivity index (χ0) is 33.3. The molecule has 6 heteroatoms. The Morgan fingerprint density at radius 3 is 1.24 bits per heavy atom. The largest absolute Gasteiger partial charge is 1.00 e. The predicted octanol–water partition coefficient (Wildman–Crippen LogP) is 9.92. The summed E-state index contributed by atoms with van der Waals surface area (Å²) in [6.07, 6.45) is 28.5. The normalized spacial score (nSPS) is 18.3. The van der Waals surface area contributed by atoms with Crippen molar-refractivity contribution in [2.75, 3.05) is 0 Å². The molecule has 0 spiro atoms.